The Morgan fingerprint density at radius 2 is 1.91 bits per heavy atom. The van der Waals surface area contributed by atoms with Crippen molar-refractivity contribution < 1.29 is 5.11 Å². The molecule has 1 saturated heterocycles. The van der Waals surface area contributed by atoms with Crippen LogP contribution in [-0.2, 0) is 6.42 Å². The van der Waals surface area contributed by atoms with Gasteiger partial charge < -0.3 is 10.0 Å². The van der Waals surface area contributed by atoms with Gasteiger partial charge in [-0.1, -0.05) is 60.5 Å². The highest BCUT2D eigenvalue weighted by Gasteiger charge is 2.27. The van der Waals surface area contributed by atoms with Crippen LogP contribution < -0.4 is 4.90 Å². The zero-order valence-corrected chi connectivity index (χ0v) is 19.2. The van der Waals surface area contributed by atoms with Gasteiger partial charge in [-0.25, -0.2) is 9.50 Å². The van der Waals surface area contributed by atoms with Crippen LogP contribution in [0.2, 0.25) is 5.02 Å². The van der Waals surface area contributed by atoms with E-state index in [1.165, 1.54) is 5.56 Å². The number of aromatic nitrogens is 3. The zero-order valence-electron chi connectivity index (χ0n) is 18.4. The first-order valence-electron chi connectivity index (χ1n) is 11.2. The van der Waals surface area contributed by atoms with Crippen LogP contribution >= 0.6 is 11.6 Å². The fourth-order valence-corrected chi connectivity index (χ4v) is 4.83. The van der Waals surface area contributed by atoms with Gasteiger partial charge in [-0.3, -0.25) is 0 Å². The number of rotatable bonds is 5. The first-order valence-corrected chi connectivity index (χ1v) is 11.6. The molecule has 4 aromatic rings. The zero-order chi connectivity index (χ0) is 22.2. The minimum absolute atomic E-state index is 0.0913. The third-order valence-electron chi connectivity index (χ3n) is 6.33. The highest BCUT2D eigenvalue weighted by Crippen LogP contribution is 2.35. The molecule has 1 fully saturated rings. The smallest absolute Gasteiger partial charge is 0.166 e. The number of fused-ring (bicyclic) bond motifs is 1. The standard InChI is InChI=1S/C26H27ClN4O/c1-3-22-25(18-11-9-17(2)10-12-18)26-28-24(30-13-5-8-21(30)16-32)15-23(31(26)29-22)19-6-4-7-20(27)14-19/h4,6-7,9-12,14-15,21,32H,3,5,8,13,16H2,1-2H3. The van der Waals surface area contributed by atoms with E-state index in [-0.39, 0.29) is 12.6 Å². The van der Waals surface area contributed by atoms with Crippen LogP contribution in [0.15, 0.2) is 54.6 Å². The van der Waals surface area contributed by atoms with Gasteiger partial charge in [0.15, 0.2) is 5.65 Å². The lowest BCUT2D eigenvalue weighted by molar-refractivity contribution is 0.266. The van der Waals surface area contributed by atoms with Gasteiger partial charge in [0.25, 0.3) is 0 Å². The van der Waals surface area contributed by atoms with Crippen molar-refractivity contribution in [2.75, 3.05) is 18.1 Å². The molecule has 1 atom stereocenters. The molecule has 0 saturated carbocycles. The highest BCUT2D eigenvalue weighted by atomic mass is 35.5. The Kier molecular flexibility index (Phi) is 5.62. The Labute approximate surface area is 193 Å². The molecule has 0 spiro atoms. The Bertz CT molecular complexity index is 1270. The van der Waals surface area contributed by atoms with Gasteiger partial charge in [-0.2, -0.15) is 5.10 Å². The summed E-state index contributed by atoms with van der Waals surface area (Å²) in [5, 5.41) is 15.6. The monoisotopic (exact) mass is 446 g/mol. The molecule has 0 radical (unpaired) electrons. The maximum Gasteiger partial charge on any atom is 0.166 e. The summed E-state index contributed by atoms with van der Waals surface area (Å²) in [7, 11) is 0. The maximum absolute atomic E-state index is 9.93. The van der Waals surface area contributed by atoms with Crippen LogP contribution in [0.1, 0.15) is 31.0 Å². The molecule has 0 aliphatic carbocycles. The fourth-order valence-electron chi connectivity index (χ4n) is 4.64. The quantitative estimate of drug-likeness (QED) is 0.436. The summed E-state index contributed by atoms with van der Waals surface area (Å²) >= 11 is 6.34. The summed E-state index contributed by atoms with van der Waals surface area (Å²) < 4.78 is 1.95. The summed E-state index contributed by atoms with van der Waals surface area (Å²) in [6.45, 7) is 5.24. The minimum Gasteiger partial charge on any atom is -0.394 e. The van der Waals surface area contributed by atoms with Crippen LogP contribution in [0.25, 0.3) is 28.0 Å². The lowest BCUT2D eigenvalue weighted by atomic mass is 10.0. The molecule has 1 unspecified atom stereocenters. The van der Waals surface area contributed by atoms with Gasteiger partial charge >= 0.3 is 0 Å². The van der Waals surface area contributed by atoms with Crippen molar-refractivity contribution in [1.82, 2.24) is 14.6 Å². The lowest BCUT2D eigenvalue weighted by Crippen LogP contribution is -2.32. The molecule has 5 rings (SSSR count). The van der Waals surface area contributed by atoms with Gasteiger partial charge in [-0.05, 0) is 43.9 Å². The molecule has 32 heavy (non-hydrogen) atoms. The fraction of sp³-hybridized carbons (Fsp3) is 0.308. The van der Waals surface area contributed by atoms with E-state index in [1.807, 2.05) is 22.7 Å². The van der Waals surface area contributed by atoms with Gasteiger partial charge in [0.1, 0.15) is 5.82 Å². The molecule has 0 amide bonds. The first-order chi connectivity index (χ1) is 15.6. The number of aryl methyl sites for hydroxylation is 2. The molecular formula is C26H27ClN4O. The maximum atomic E-state index is 9.93. The van der Waals surface area contributed by atoms with E-state index in [9.17, 15) is 5.11 Å². The summed E-state index contributed by atoms with van der Waals surface area (Å²) in [6, 6.07) is 18.6. The minimum atomic E-state index is 0.0913. The Morgan fingerprint density at radius 3 is 2.62 bits per heavy atom. The Hall–Kier alpha value is -2.89. The average molecular weight is 447 g/mol. The SMILES string of the molecule is CCc1nn2c(-c3cccc(Cl)c3)cc(N3CCCC3CO)nc2c1-c1ccc(C)cc1. The topological polar surface area (TPSA) is 53.7 Å². The predicted molar refractivity (Wildman–Crippen MR) is 130 cm³/mol. The lowest BCUT2D eigenvalue weighted by Gasteiger charge is -2.25. The van der Waals surface area contributed by atoms with Crippen molar-refractivity contribution in [1.29, 1.82) is 0 Å². The average Bonchev–Trinajstić information content (AvgIpc) is 3.43. The summed E-state index contributed by atoms with van der Waals surface area (Å²) in [5.41, 5.74) is 7.19. The molecule has 2 aromatic carbocycles. The van der Waals surface area contributed by atoms with Crippen molar-refractivity contribution in [2.45, 2.75) is 39.2 Å². The second-order valence-electron chi connectivity index (χ2n) is 8.46. The van der Waals surface area contributed by atoms with Crippen molar-refractivity contribution >= 4 is 23.1 Å². The Morgan fingerprint density at radius 1 is 1.09 bits per heavy atom. The molecule has 1 aliphatic rings. The normalized spacial score (nSPS) is 16.2. The summed E-state index contributed by atoms with van der Waals surface area (Å²) in [4.78, 5) is 7.34. The second-order valence-corrected chi connectivity index (χ2v) is 8.90. The third kappa shape index (κ3) is 3.65. The van der Waals surface area contributed by atoms with Gasteiger partial charge in [0.05, 0.1) is 24.0 Å². The van der Waals surface area contributed by atoms with E-state index < -0.39 is 0 Å². The molecule has 1 aliphatic heterocycles. The first kappa shape index (κ1) is 21.0. The Balaban J connectivity index is 1.81. The molecule has 0 bridgehead atoms. The molecule has 5 nitrogen and oxygen atoms in total. The van der Waals surface area contributed by atoms with E-state index >= 15 is 0 Å². The van der Waals surface area contributed by atoms with Gasteiger partial charge in [-0.15, -0.1) is 0 Å². The van der Waals surface area contributed by atoms with E-state index in [2.05, 4.69) is 55.1 Å². The van der Waals surface area contributed by atoms with Crippen LogP contribution in [-0.4, -0.2) is 38.9 Å². The van der Waals surface area contributed by atoms with Crippen molar-refractivity contribution in [3.05, 3.63) is 70.9 Å². The third-order valence-corrected chi connectivity index (χ3v) is 6.56. The summed E-state index contributed by atoms with van der Waals surface area (Å²) in [6.07, 6.45) is 2.83. The number of anilines is 1. The number of halogens is 1. The number of hydrogen-bond donors (Lipinski definition) is 1. The molecule has 6 heteroatoms. The second kappa shape index (κ2) is 8.57. The van der Waals surface area contributed by atoms with E-state index in [0.717, 1.165) is 65.4 Å². The largest absolute Gasteiger partial charge is 0.394 e. The number of hydrogen-bond acceptors (Lipinski definition) is 4. The highest BCUT2D eigenvalue weighted by molar-refractivity contribution is 6.30. The van der Waals surface area contributed by atoms with Crippen molar-refractivity contribution in [3.8, 4) is 22.4 Å². The van der Waals surface area contributed by atoms with E-state index in [0.29, 0.717) is 5.02 Å². The van der Waals surface area contributed by atoms with Gasteiger partial charge in [0, 0.05) is 28.8 Å². The van der Waals surface area contributed by atoms with E-state index in [4.69, 9.17) is 21.7 Å². The van der Waals surface area contributed by atoms with Crippen LogP contribution in [0.4, 0.5) is 5.82 Å². The van der Waals surface area contributed by atoms with Crippen molar-refractivity contribution in [2.24, 2.45) is 0 Å². The molecule has 2 aromatic heterocycles. The van der Waals surface area contributed by atoms with E-state index in [1.54, 1.807) is 0 Å². The molecule has 1 N–H and O–H groups in total. The molecular weight excluding hydrogens is 420 g/mol. The molecule has 3 heterocycles. The van der Waals surface area contributed by atoms with Crippen LogP contribution in [0.3, 0.4) is 0 Å². The van der Waals surface area contributed by atoms with Gasteiger partial charge in [0.2, 0.25) is 0 Å². The van der Waals surface area contributed by atoms with Crippen LogP contribution in [0, 0.1) is 6.92 Å². The van der Waals surface area contributed by atoms with Crippen molar-refractivity contribution in [3.63, 3.8) is 0 Å². The number of aliphatic hydroxyl groups is 1. The number of aliphatic hydroxyl groups excluding tert-OH is 1. The number of nitrogens with zero attached hydrogens (tertiary/aromatic N) is 4. The molecule has 164 valence electrons. The number of benzene rings is 2. The van der Waals surface area contributed by atoms with Crippen LogP contribution in [0.5, 0.6) is 0 Å². The predicted octanol–water partition coefficient (Wildman–Crippen LogP) is 5.55. The summed E-state index contributed by atoms with van der Waals surface area (Å²) in [5.74, 6) is 0.875.